The molecule has 0 aliphatic carbocycles. The fourth-order valence-electron chi connectivity index (χ4n) is 3.39. The molecule has 0 aromatic heterocycles. The normalized spacial score (nSPS) is 19.6. The number of nitrogens with one attached hydrogen (secondary N) is 1. The predicted octanol–water partition coefficient (Wildman–Crippen LogP) is 3.54. The molecule has 1 aliphatic rings. The zero-order valence-corrected chi connectivity index (χ0v) is 14.2. The van der Waals surface area contributed by atoms with Crippen molar-refractivity contribution >= 4 is 0 Å². The molecule has 0 radical (unpaired) electrons. The largest absolute Gasteiger partial charge is 0.381 e. The molecule has 126 valence electrons. The van der Waals surface area contributed by atoms with E-state index >= 15 is 0 Å². The molecule has 0 bridgehead atoms. The molecule has 1 unspecified atom stereocenters. The summed E-state index contributed by atoms with van der Waals surface area (Å²) in [6.45, 7) is 3.83. The van der Waals surface area contributed by atoms with Crippen molar-refractivity contribution in [1.29, 1.82) is 0 Å². The first kappa shape index (κ1) is 18.9. The van der Waals surface area contributed by atoms with Gasteiger partial charge in [0.1, 0.15) is 0 Å². The lowest BCUT2D eigenvalue weighted by Gasteiger charge is -2.42. The Bertz CT molecular complexity index is 243. The van der Waals surface area contributed by atoms with Crippen LogP contribution in [0.3, 0.4) is 0 Å². The molecule has 0 aromatic rings. The zero-order chi connectivity index (χ0) is 15.4. The summed E-state index contributed by atoms with van der Waals surface area (Å²) in [4.78, 5) is 0. The molecule has 1 atom stereocenters. The molecule has 4 nitrogen and oxygen atoms in total. The van der Waals surface area contributed by atoms with E-state index in [0.717, 1.165) is 32.5 Å². The first-order chi connectivity index (χ1) is 10.3. The maximum Gasteiger partial charge on any atom is 0.0888 e. The Kier molecular flexibility index (Phi) is 10.3. The number of hydrogen-bond donors (Lipinski definition) is 2. The molecule has 0 spiro atoms. The average Bonchev–Trinajstić information content (AvgIpc) is 2.54. The minimum absolute atomic E-state index is 0.131. The maximum atomic E-state index is 5.83. The highest BCUT2D eigenvalue weighted by atomic mass is 16.5. The van der Waals surface area contributed by atoms with E-state index in [0.29, 0.717) is 0 Å². The third-order valence-electron chi connectivity index (χ3n) is 4.93. The van der Waals surface area contributed by atoms with Gasteiger partial charge in [0.2, 0.25) is 0 Å². The second-order valence-electron chi connectivity index (χ2n) is 6.36. The van der Waals surface area contributed by atoms with Crippen LogP contribution in [0.4, 0.5) is 0 Å². The van der Waals surface area contributed by atoms with Gasteiger partial charge in [-0.3, -0.25) is 11.3 Å². The number of hydrazine groups is 1. The van der Waals surface area contributed by atoms with Gasteiger partial charge in [-0.05, 0) is 6.42 Å². The minimum Gasteiger partial charge on any atom is -0.381 e. The van der Waals surface area contributed by atoms with E-state index in [9.17, 15) is 0 Å². The van der Waals surface area contributed by atoms with Crippen LogP contribution in [-0.4, -0.2) is 32.0 Å². The van der Waals surface area contributed by atoms with E-state index in [1.54, 1.807) is 0 Å². The van der Waals surface area contributed by atoms with Gasteiger partial charge in [-0.1, -0.05) is 58.3 Å². The third-order valence-corrected chi connectivity index (χ3v) is 4.93. The van der Waals surface area contributed by atoms with Crippen LogP contribution in [0.15, 0.2) is 0 Å². The predicted molar refractivity (Wildman–Crippen MR) is 88.1 cm³/mol. The molecule has 1 heterocycles. The van der Waals surface area contributed by atoms with Crippen molar-refractivity contribution in [3.05, 3.63) is 0 Å². The smallest absolute Gasteiger partial charge is 0.0888 e. The summed E-state index contributed by atoms with van der Waals surface area (Å²) in [6, 6.07) is 0.242. The SMILES string of the molecule is CCCCCCCCCCC(NN)C1(OC)CCOCC1. The quantitative estimate of drug-likeness (QED) is 0.329. The van der Waals surface area contributed by atoms with E-state index in [4.69, 9.17) is 15.3 Å². The van der Waals surface area contributed by atoms with Crippen LogP contribution in [0, 0.1) is 0 Å². The van der Waals surface area contributed by atoms with Crippen LogP contribution in [0.5, 0.6) is 0 Å². The van der Waals surface area contributed by atoms with E-state index in [2.05, 4.69) is 12.3 Å². The molecule has 0 amide bonds. The summed E-state index contributed by atoms with van der Waals surface area (Å²) in [6.07, 6.45) is 13.7. The Morgan fingerprint density at radius 2 is 1.62 bits per heavy atom. The monoisotopic (exact) mass is 300 g/mol. The van der Waals surface area contributed by atoms with E-state index in [1.807, 2.05) is 7.11 Å². The Morgan fingerprint density at radius 1 is 1.05 bits per heavy atom. The highest BCUT2D eigenvalue weighted by Crippen LogP contribution is 2.30. The number of rotatable bonds is 12. The molecule has 4 heteroatoms. The summed E-state index contributed by atoms with van der Waals surface area (Å²) in [5, 5.41) is 0. The number of unbranched alkanes of at least 4 members (excludes halogenated alkanes) is 7. The highest BCUT2D eigenvalue weighted by molar-refractivity contribution is 4.93. The Labute approximate surface area is 131 Å². The molecule has 0 aromatic carbocycles. The lowest BCUT2D eigenvalue weighted by molar-refractivity contribution is -0.112. The molecule has 3 N–H and O–H groups in total. The molecule has 0 saturated carbocycles. The molecule has 1 saturated heterocycles. The van der Waals surface area contributed by atoms with Crippen LogP contribution in [-0.2, 0) is 9.47 Å². The standard InChI is InChI=1S/C17H36N2O2/c1-3-4-5-6-7-8-9-10-11-16(19-18)17(20-2)12-14-21-15-13-17/h16,19H,3-15,18H2,1-2H3. The maximum absolute atomic E-state index is 5.83. The van der Waals surface area contributed by atoms with Crippen molar-refractivity contribution in [2.75, 3.05) is 20.3 Å². The highest BCUT2D eigenvalue weighted by Gasteiger charge is 2.39. The van der Waals surface area contributed by atoms with E-state index < -0.39 is 0 Å². The molecular formula is C17H36N2O2. The Hall–Kier alpha value is -0.160. The van der Waals surface area contributed by atoms with Crippen molar-refractivity contribution in [1.82, 2.24) is 5.43 Å². The van der Waals surface area contributed by atoms with Crippen LogP contribution >= 0.6 is 0 Å². The Balaban J connectivity index is 2.18. The van der Waals surface area contributed by atoms with Gasteiger partial charge < -0.3 is 9.47 Å². The van der Waals surface area contributed by atoms with Gasteiger partial charge in [-0.2, -0.15) is 0 Å². The fraction of sp³-hybridized carbons (Fsp3) is 1.00. The first-order valence-electron chi connectivity index (χ1n) is 8.88. The summed E-state index contributed by atoms with van der Waals surface area (Å²) < 4.78 is 11.3. The first-order valence-corrected chi connectivity index (χ1v) is 8.88. The van der Waals surface area contributed by atoms with Crippen LogP contribution in [0.2, 0.25) is 0 Å². The zero-order valence-electron chi connectivity index (χ0n) is 14.2. The number of nitrogens with two attached hydrogens (primary N) is 1. The summed E-state index contributed by atoms with van der Waals surface area (Å²) in [5.74, 6) is 5.79. The average molecular weight is 300 g/mol. The van der Waals surface area contributed by atoms with E-state index in [-0.39, 0.29) is 11.6 Å². The molecule has 1 rings (SSSR count). The van der Waals surface area contributed by atoms with Crippen LogP contribution in [0.1, 0.15) is 77.6 Å². The lowest BCUT2D eigenvalue weighted by atomic mass is 9.83. The summed E-state index contributed by atoms with van der Waals surface area (Å²) in [7, 11) is 1.81. The van der Waals surface area contributed by atoms with Gasteiger partial charge in [0.25, 0.3) is 0 Å². The second-order valence-corrected chi connectivity index (χ2v) is 6.36. The number of hydrogen-bond acceptors (Lipinski definition) is 4. The van der Waals surface area contributed by atoms with Gasteiger partial charge in [-0.15, -0.1) is 0 Å². The second kappa shape index (κ2) is 11.4. The van der Waals surface area contributed by atoms with Gasteiger partial charge in [-0.25, -0.2) is 0 Å². The summed E-state index contributed by atoms with van der Waals surface area (Å²) in [5.41, 5.74) is 2.87. The van der Waals surface area contributed by atoms with Crippen molar-refractivity contribution < 1.29 is 9.47 Å². The van der Waals surface area contributed by atoms with Crippen LogP contribution < -0.4 is 11.3 Å². The topological polar surface area (TPSA) is 56.5 Å². The van der Waals surface area contributed by atoms with Crippen molar-refractivity contribution in [3.8, 4) is 0 Å². The van der Waals surface area contributed by atoms with Crippen molar-refractivity contribution in [2.24, 2.45) is 5.84 Å². The minimum atomic E-state index is -0.131. The van der Waals surface area contributed by atoms with Gasteiger partial charge in [0.05, 0.1) is 11.6 Å². The number of ether oxygens (including phenoxy) is 2. The number of methoxy groups -OCH3 is 1. The van der Waals surface area contributed by atoms with E-state index in [1.165, 1.54) is 51.4 Å². The van der Waals surface area contributed by atoms with Gasteiger partial charge in [0, 0.05) is 33.2 Å². The molecule has 1 fully saturated rings. The summed E-state index contributed by atoms with van der Waals surface area (Å²) >= 11 is 0. The van der Waals surface area contributed by atoms with Crippen molar-refractivity contribution in [3.63, 3.8) is 0 Å². The third kappa shape index (κ3) is 6.64. The van der Waals surface area contributed by atoms with Crippen LogP contribution in [0.25, 0.3) is 0 Å². The molecular weight excluding hydrogens is 264 g/mol. The Morgan fingerprint density at radius 3 is 2.14 bits per heavy atom. The van der Waals surface area contributed by atoms with Gasteiger partial charge >= 0.3 is 0 Å². The van der Waals surface area contributed by atoms with Crippen molar-refractivity contribution in [2.45, 2.75) is 89.2 Å². The van der Waals surface area contributed by atoms with Gasteiger partial charge in [0.15, 0.2) is 0 Å². The fourth-order valence-corrected chi connectivity index (χ4v) is 3.39. The molecule has 21 heavy (non-hydrogen) atoms. The lowest BCUT2D eigenvalue weighted by Crippen LogP contribution is -2.57. The molecule has 1 aliphatic heterocycles.